The molecule has 0 spiro atoms. The van der Waals surface area contributed by atoms with Gasteiger partial charge in [0.25, 0.3) is 5.91 Å². The Hall–Kier alpha value is -3.05. The molecule has 4 nitrogen and oxygen atoms in total. The van der Waals surface area contributed by atoms with Crippen molar-refractivity contribution in [3.8, 4) is 0 Å². The summed E-state index contributed by atoms with van der Waals surface area (Å²) in [4.78, 5) is 26.8. The topological polar surface area (TPSA) is 49.4 Å². The van der Waals surface area contributed by atoms with Crippen LogP contribution in [-0.4, -0.2) is 17.6 Å². The van der Waals surface area contributed by atoms with E-state index < -0.39 is 0 Å². The smallest absolute Gasteiger partial charge is 0.255 e. The number of hydrogen-bond acceptors (Lipinski definition) is 3. The highest BCUT2D eigenvalue weighted by molar-refractivity contribution is 8.00. The lowest BCUT2D eigenvalue weighted by Crippen LogP contribution is -2.27. The largest absolute Gasteiger partial charge is 0.322 e. The van der Waals surface area contributed by atoms with E-state index >= 15 is 0 Å². The van der Waals surface area contributed by atoms with Crippen molar-refractivity contribution in [1.82, 2.24) is 0 Å². The van der Waals surface area contributed by atoms with Gasteiger partial charge in [0.15, 0.2) is 0 Å². The van der Waals surface area contributed by atoms with Gasteiger partial charge in [-0.3, -0.25) is 14.5 Å². The fourth-order valence-electron chi connectivity index (χ4n) is 3.49. The average molecular weight is 417 g/mol. The average Bonchev–Trinajstić information content (AvgIpc) is 3.16. The minimum Gasteiger partial charge on any atom is -0.322 e. The van der Waals surface area contributed by atoms with E-state index in [1.54, 1.807) is 23.9 Å². The lowest BCUT2D eigenvalue weighted by Gasteiger charge is -2.25. The van der Waals surface area contributed by atoms with Crippen LogP contribution in [0.25, 0.3) is 0 Å². The molecular formula is C25H24N2O2S. The summed E-state index contributed by atoms with van der Waals surface area (Å²) in [6.07, 6.45) is 0. The fraction of sp³-hybridized carbons (Fsp3) is 0.200. The summed E-state index contributed by atoms with van der Waals surface area (Å²) in [6.45, 7) is 4.32. The molecule has 152 valence electrons. The van der Waals surface area contributed by atoms with Gasteiger partial charge < -0.3 is 5.32 Å². The molecule has 1 fully saturated rings. The molecule has 30 heavy (non-hydrogen) atoms. The predicted molar refractivity (Wildman–Crippen MR) is 124 cm³/mol. The number of amides is 2. The van der Waals surface area contributed by atoms with Crippen LogP contribution >= 0.6 is 11.8 Å². The van der Waals surface area contributed by atoms with Crippen molar-refractivity contribution in [2.45, 2.75) is 25.1 Å². The quantitative estimate of drug-likeness (QED) is 0.568. The summed E-state index contributed by atoms with van der Waals surface area (Å²) < 4.78 is 0. The number of carbonyl (C=O) groups excluding carboxylic acids is 2. The Morgan fingerprint density at radius 1 is 0.967 bits per heavy atom. The minimum atomic E-state index is -0.138. The van der Waals surface area contributed by atoms with Gasteiger partial charge in [-0.1, -0.05) is 56.3 Å². The Morgan fingerprint density at radius 3 is 2.27 bits per heavy atom. The maximum atomic E-state index is 12.6. The van der Waals surface area contributed by atoms with E-state index in [1.807, 2.05) is 59.5 Å². The summed E-state index contributed by atoms with van der Waals surface area (Å²) in [5, 5.41) is 2.85. The zero-order chi connectivity index (χ0) is 21.1. The Kier molecular flexibility index (Phi) is 5.91. The number of nitrogens with zero attached hydrogens (tertiary/aromatic N) is 1. The van der Waals surface area contributed by atoms with Crippen LogP contribution in [0.1, 0.15) is 46.6 Å². The lowest BCUT2D eigenvalue weighted by atomic mass is 10.0. The molecule has 1 saturated heterocycles. The van der Waals surface area contributed by atoms with Gasteiger partial charge in [0.1, 0.15) is 5.37 Å². The van der Waals surface area contributed by atoms with Crippen molar-refractivity contribution in [1.29, 1.82) is 0 Å². The number of nitrogens with one attached hydrogen (secondary N) is 1. The number of rotatable bonds is 5. The van der Waals surface area contributed by atoms with Gasteiger partial charge in [0, 0.05) is 16.9 Å². The predicted octanol–water partition coefficient (Wildman–Crippen LogP) is 5.84. The first-order valence-corrected chi connectivity index (χ1v) is 11.1. The minimum absolute atomic E-state index is 0.0683. The van der Waals surface area contributed by atoms with Crippen LogP contribution in [0.2, 0.25) is 0 Å². The van der Waals surface area contributed by atoms with E-state index in [4.69, 9.17) is 0 Å². The van der Waals surface area contributed by atoms with E-state index in [0.29, 0.717) is 17.2 Å². The molecule has 1 aliphatic rings. The van der Waals surface area contributed by atoms with Crippen LogP contribution in [-0.2, 0) is 4.79 Å². The van der Waals surface area contributed by atoms with E-state index in [2.05, 4.69) is 31.3 Å². The molecule has 0 aromatic heterocycles. The molecule has 3 aromatic rings. The maximum Gasteiger partial charge on any atom is 0.255 e. The third kappa shape index (κ3) is 4.26. The van der Waals surface area contributed by atoms with Gasteiger partial charge in [-0.05, 0) is 53.4 Å². The van der Waals surface area contributed by atoms with Crippen LogP contribution < -0.4 is 10.2 Å². The molecule has 1 N–H and O–H groups in total. The zero-order valence-electron chi connectivity index (χ0n) is 17.0. The van der Waals surface area contributed by atoms with Crippen molar-refractivity contribution in [3.63, 3.8) is 0 Å². The molecule has 3 aromatic carbocycles. The summed E-state index contributed by atoms with van der Waals surface area (Å²) in [5.41, 5.74) is 4.56. The number of carbonyl (C=O) groups is 2. The molecule has 5 heteroatoms. The normalized spacial score (nSPS) is 16.2. The van der Waals surface area contributed by atoms with Crippen LogP contribution in [0.15, 0.2) is 78.9 Å². The molecule has 2 amide bonds. The van der Waals surface area contributed by atoms with Crippen LogP contribution in [0.5, 0.6) is 0 Å². The summed E-state index contributed by atoms with van der Waals surface area (Å²) in [5.74, 6) is 0.893. The van der Waals surface area contributed by atoms with E-state index in [1.165, 1.54) is 5.56 Å². The summed E-state index contributed by atoms with van der Waals surface area (Å²) >= 11 is 1.62. The van der Waals surface area contributed by atoms with Gasteiger partial charge in [-0.15, -0.1) is 11.8 Å². The summed E-state index contributed by atoms with van der Waals surface area (Å²) in [7, 11) is 0. The summed E-state index contributed by atoms with van der Waals surface area (Å²) in [6, 6.07) is 25.1. The molecule has 1 aliphatic heterocycles. The lowest BCUT2D eigenvalue weighted by molar-refractivity contribution is -0.115. The van der Waals surface area contributed by atoms with Crippen molar-refractivity contribution < 1.29 is 9.59 Å². The number of hydrogen-bond donors (Lipinski definition) is 1. The Bertz CT molecular complexity index is 1030. The molecule has 0 aliphatic carbocycles. The van der Waals surface area contributed by atoms with Crippen molar-refractivity contribution in [3.05, 3.63) is 95.6 Å². The monoisotopic (exact) mass is 416 g/mol. The molecular weight excluding hydrogens is 392 g/mol. The first kappa shape index (κ1) is 20.2. The third-order valence-corrected chi connectivity index (χ3v) is 6.41. The number of thioether (sulfide) groups is 1. The van der Waals surface area contributed by atoms with E-state index in [9.17, 15) is 9.59 Å². The molecule has 1 atom stereocenters. The molecule has 0 bridgehead atoms. The highest BCUT2D eigenvalue weighted by atomic mass is 32.2. The highest BCUT2D eigenvalue weighted by Gasteiger charge is 2.34. The molecule has 0 radical (unpaired) electrons. The Balaban J connectivity index is 1.51. The second kappa shape index (κ2) is 8.76. The standard InChI is InChI=1S/C25H24N2O2S/c1-17(2)18-10-14-22(15-11-18)27-23(28)16-30-25(27)20-8-12-21(13-9-20)26-24(29)19-6-4-3-5-7-19/h3-15,17,25H,16H2,1-2H3,(H,26,29). The molecule has 1 unspecified atom stereocenters. The third-order valence-electron chi connectivity index (χ3n) is 5.20. The van der Waals surface area contributed by atoms with Crippen molar-refractivity contribution in [2.75, 3.05) is 16.0 Å². The molecule has 0 saturated carbocycles. The Labute approximate surface area is 181 Å². The molecule has 4 rings (SSSR count). The van der Waals surface area contributed by atoms with Gasteiger partial charge in [0.2, 0.25) is 5.91 Å². The number of benzene rings is 3. The van der Waals surface area contributed by atoms with Gasteiger partial charge in [-0.2, -0.15) is 0 Å². The van der Waals surface area contributed by atoms with E-state index in [0.717, 1.165) is 16.9 Å². The highest BCUT2D eigenvalue weighted by Crippen LogP contribution is 2.42. The van der Waals surface area contributed by atoms with Gasteiger partial charge in [-0.25, -0.2) is 0 Å². The first-order chi connectivity index (χ1) is 14.5. The van der Waals surface area contributed by atoms with E-state index in [-0.39, 0.29) is 17.2 Å². The first-order valence-electron chi connectivity index (χ1n) is 10.0. The zero-order valence-corrected chi connectivity index (χ0v) is 17.9. The van der Waals surface area contributed by atoms with Crippen molar-refractivity contribution in [2.24, 2.45) is 0 Å². The van der Waals surface area contributed by atoms with Crippen LogP contribution in [0, 0.1) is 0 Å². The van der Waals surface area contributed by atoms with Crippen LogP contribution in [0.4, 0.5) is 11.4 Å². The second-order valence-corrected chi connectivity index (χ2v) is 8.68. The SMILES string of the molecule is CC(C)c1ccc(N2C(=O)CSC2c2ccc(NC(=O)c3ccccc3)cc2)cc1. The molecule has 1 heterocycles. The van der Waals surface area contributed by atoms with Crippen molar-refractivity contribution >= 4 is 35.0 Å². The van der Waals surface area contributed by atoms with Crippen LogP contribution in [0.3, 0.4) is 0 Å². The second-order valence-electron chi connectivity index (χ2n) is 7.62. The van der Waals surface area contributed by atoms with Gasteiger partial charge in [0.05, 0.1) is 5.75 Å². The maximum absolute atomic E-state index is 12.6. The Morgan fingerprint density at radius 2 is 1.63 bits per heavy atom. The fourth-order valence-corrected chi connectivity index (χ4v) is 4.67. The van der Waals surface area contributed by atoms with Gasteiger partial charge >= 0.3 is 0 Å². The number of anilines is 2.